The molecule has 0 saturated heterocycles. The minimum Gasteiger partial charge on any atom is -0.674 e. The van der Waals surface area contributed by atoms with Gasteiger partial charge in [-0.3, -0.25) is 4.79 Å². The first-order chi connectivity index (χ1) is 18.3. The van der Waals surface area contributed by atoms with E-state index in [1.54, 1.807) is 41.9 Å². The van der Waals surface area contributed by atoms with Crippen LogP contribution in [0.3, 0.4) is 0 Å². The fourth-order valence-corrected chi connectivity index (χ4v) is 4.19. The predicted octanol–water partition coefficient (Wildman–Crippen LogP) is 5.10. The van der Waals surface area contributed by atoms with Gasteiger partial charge in [0.25, 0.3) is 0 Å². The number of fused-ring (bicyclic) bond motifs is 1. The Bertz CT molecular complexity index is 1580. The topological polar surface area (TPSA) is 139 Å². The summed E-state index contributed by atoms with van der Waals surface area (Å²) < 4.78 is 51.1. The normalized spacial score (nSPS) is 14.1. The van der Waals surface area contributed by atoms with E-state index in [4.69, 9.17) is 34.0 Å². The third-order valence-corrected chi connectivity index (χ3v) is 6.46. The molecule has 3 N–H and O–H groups in total. The maximum absolute atomic E-state index is 14.3. The molecule has 0 spiro atoms. The number of carboxylic acid groups (broad SMARTS) is 1. The molecule has 10 nitrogen and oxygen atoms in total. The fourth-order valence-electron chi connectivity index (χ4n) is 3.69. The highest BCUT2D eigenvalue weighted by Gasteiger charge is 2.55. The Hall–Kier alpha value is -3.75. The van der Waals surface area contributed by atoms with E-state index in [0.29, 0.717) is 38.2 Å². The van der Waals surface area contributed by atoms with E-state index in [9.17, 15) is 27.2 Å². The summed E-state index contributed by atoms with van der Waals surface area (Å²) in [6.45, 7) is -0.131. The van der Waals surface area contributed by atoms with Crippen molar-refractivity contribution in [1.82, 2.24) is 30.1 Å². The van der Waals surface area contributed by atoms with Crippen molar-refractivity contribution in [3.63, 3.8) is 0 Å². The number of carbonyl (C=O) groups excluding carboxylic acids is 1. The first kappa shape index (κ1) is 28.3. The smallest absolute Gasteiger partial charge is 0.471 e. The van der Waals surface area contributed by atoms with Crippen LogP contribution in [0.15, 0.2) is 36.4 Å². The van der Waals surface area contributed by atoms with Crippen LogP contribution in [0.25, 0.3) is 33.8 Å². The Balaban J connectivity index is 0.000000229. The Labute approximate surface area is 227 Å². The largest absolute Gasteiger partial charge is 0.674 e. The second-order valence-electron chi connectivity index (χ2n) is 8.55. The van der Waals surface area contributed by atoms with Crippen LogP contribution >= 0.6 is 23.2 Å². The van der Waals surface area contributed by atoms with Crippen molar-refractivity contribution in [2.24, 2.45) is 7.05 Å². The number of halogens is 6. The molecule has 2 heterocycles. The SMILES string of the molecule is Cn1nnc(-c2c(Cl)c3cc(Cl)ccc3n2-c2ccc(C[NH-])c(F)c2)n1.O=C(NC1(C(=O)O)CC1)C(F)(F)F. The number of alkyl halides is 3. The molecule has 5 rings (SSSR count). The van der Waals surface area contributed by atoms with Crippen LogP contribution in [0.5, 0.6) is 0 Å². The summed E-state index contributed by atoms with van der Waals surface area (Å²) in [5, 5.41) is 23.7. The van der Waals surface area contributed by atoms with Gasteiger partial charge in [0, 0.05) is 16.1 Å². The minimum atomic E-state index is -5.02. The minimum absolute atomic E-state index is 0.0458. The number of hydrogen-bond donors (Lipinski definition) is 2. The van der Waals surface area contributed by atoms with Gasteiger partial charge in [-0.1, -0.05) is 29.3 Å². The van der Waals surface area contributed by atoms with Crippen molar-refractivity contribution in [3.05, 3.63) is 63.6 Å². The number of nitrogens with zero attached hydrogens (tertiary/aromatic N) is 5. The van der Waals surface area contributed by atoms with E-state index in [2.05, 4.69) is 15.4 Å². The van der Waals surface area contributed by atoms with E-state index in [1.165, 1.54) is 16.2 Å². The molecule has 16 heteroatoms. The molecule has 0 aliphatic heterocycles. The molecular weight excluding hydrogens is 569 g/mol. The van der Waals surface area contributed by atoms with Crippen LogP contribution in [-0.2, 0) is 23.2 Å². The Kier molecular flexibility index (Phi) is 7.56. The average Bonchev–Trinajstić information content (AvgIpc) is 3.45. The molecule has 0 unspecified atom stereocenters. The summed E-state index contributed by atoms with van der Waals surface area (Å²) >= 11 is 12.7. The third kappa shape index (κ3) is 5.67. The van der Waals surface area contributed by atoms with Crippen LogP contribution in [0, 0.1) is 5.82 Å². The van der Waals surface area contributed by atoms with Crippen LogP contribution in [0.2, 0.25) is 10.0 Å². The van der Waals surface area contributed by atoms with Crippen molar-refractivity contribution in [2.75, 3.05) is 0 Å². The van der Waals surface area contributed by atoms with Gasteiger partial charge in [0.15, 0.2) is 0 Å². The molecule has 1 fully saturated rings. The maximum atomic E-state index is 14.3. The van der Waals surface area contributed by atoms with Gasteiger partial charge in [0.1, 0.15) is 17.1 Å². The molecule has 2 aromatic heterocycles. The van der Waals surface area contributed by atoms with Gasteiger partial charge in [-0.05, 0) is 54.0 Å². The summed E-state index contributed by atoms with van der Waals surface area (Å²) in [5.41, 5.74) is 7.80. The standard InChI is InChI=1S/C17H12Cl2FN6.C6H6F3NO3/c1-25-23-17(22-24-25)16-15(19)12-6-10(18)3-5-14(12)26(16)11-4-2-9(8-21)13(20)7-11;7-6(8,9)3(11)10-5(1-2-5)4(12)13/h2-7,21H,8H2,1H3;1-2H2,(H,10,11)(H,12,13)/q-1;. The molecule has 2 aromatic carbocycles. The van der Waals surface area contributed by atoms with Crippen LogP contribution < -0.4 is 5.32 Å². The first-order valence-corrected chi connectivity index (χ1v) is 11.8. The highest BCUT2D eigenvalue weighted by molar-refractivity contribution is 6.39. The number of nitrogens with one attached hydrogen (secondary N) is 2. The number of aromatic nitrogens is 5. The number of benzene rings is 2. The summed E-state index contributed by atoms with van der Waals surface area (Å²) in [5.74, 6) is -3.77. The van der Waals surface area contributed by atoms with Crippen molar-refractivity contribution >= 4 is 46.0 Å². The van der Waals surface area contributed by atoms with Crippen molar-refractivity contribution in [2.45, 2.75) is 31.1 Å². The third-order valence-electron chi connectivity index (χ3n) is 5.84. The molecule has 0 atom stereocenters. The van der Waals surface area contributed by atoms with E-state index in [1.807, 2.05) is 0 Å². The Morgan fingerprint density at radius 1 is 1.18 bits per heavy atom. The van der Waals surface area contributed by atoms with E-state index >= 15 is 0 Å². The van der Waals surface area contributed by atoms with Crippen LogP contribution in [-0.4, -0.2) is 53.5 Å². The van der Waals surface area contributed by atoms with Crippen LogP contribution in [0.1, 0.15) is 18.4 Å². The van der Waals surface area contributed by atoms with Gasteiger partial charge < -0.3 is 20.7 Å². The highest BCUT2D eigenvalue weighted by atomic mass is 35.5. The summed E-state index contributed by atoms with van der Waals surface area (Å²) in [6.07, 6.45) is -4.93. The molecule has 1 aliphatic carbocycles. The van der Waals surface area contributed by atoms with Gasteiger partial charge in [-0.15, -0.1) is 16.7 Å². The monoisotopic (exact) mass is 586 g/mol. The summed E-state index contributed by atoms with van der Waals surface area (Å²) in [7, 11) is 1.65. The van der Waals surface area contributed by atoms with Gasteiger partial charge in [-0.25, -0.2) is 9.18 Å². The van der Waals surface area contributed by atoms with Gasteiger partial charge >= 0.3 is 18.1 Å². The summed E-state index contributed by atoms with van der Waals surface area (Å²) in [4.78, 5) is 22.0. The van der Waals surface area contributed by atoms with Crippen molar-refractivity contribution in [1.29, 1.82) is 0 Å². The fraction of sp³-hybridized carbons (Fsp3) is 0.261. The van der Waals surface area contributed by atoms with Crippen molar-refractivity contribution < 1.29 is 32.3 Å². The molecule has 39 heavy (non-hydrogen) atoms. The zero-order valence-corrected chi connectivity index (χ0v) is 21.4. The molecule has 0 radical (unpaired) electrons. The number of rotatable bonds is 5. The molecule has 4 aromatic rings. The lowest BCUT2D eigenvalue weighted by Crippen LogP contribution is -2.48. The Morgan fingerprint density at radius 2 is 1.87 bits per heavy atom. The zero-order valence-electron chi connectivity index (χ0n) is 19.9. The van der Waals surface area contributed by atoms with Gasteiger partial charge in [0.2, 0.25) is 5.82 Å². The number of tetrazole rings is 1. The molecule has 0 bridgehead atoms. The van der Waals surface area contributed by atoms with E-state index in [0.717, 1.165) is 5.52 Å². The average molecular weight is 587 g/mol. The zero-order chi connectivity index (χ0) is 28.7. The number of carboxylic acids is 1. The number of carbonyl (C=O) groups is 2. The molecular formula is C23H18Cl2F4N7O3-. The van der Waals surface area contributed by atoms with Crippen LogP contribution in [0.4, 0.5) is 17.6 Å². The van der Waals surface area contributed by atoms with Gasteiger partial charge in [-0.2, -0.15) is 18.0 Å². The quantitative estimate of drug-likeness (QED) is 0.312. The van der Waals surface area contributed by atoms with Crippen molar-refractivity contribution in [3.8, 4) is 17.2 Å². The number of aliphatic carboxylic acids is 1. The second kappa shape index (κ2) is 10.4. The second-order valence-corrected chi connectivity index (χ2v) is 9.37. The first-order valence-electron chi connectivity index (χ1n) is 11.1. The molecule has 1 saturated carbocycles. The molecule has 1 aliphatic rings. The number of amides is 1. The maximum Gasteiger partial charge on any atom is 0.471 e. The molecule has 1 amide bonds. The highest BCUT2D eigenvalue weighted by Crippen LogP contribution is 2.40. The number of hydrogen-bond acceptors (Lipinski definition) is 5. The predicted molar refractivity (Wildman–Crippen MR) is 133 cm³/mol. The van der Waals surface area contributed by atoms with E-state index in [-0.39, 0.29) is 19.4 Å². The summed E-state index contributed by atoms with van der Waals surface area (Å²) in [6, 6.07) is 9.97. The molecule has 206 valence electrons. The van der Waals surface area contributed by atoms with E-state index < -0.39 is 29.4 Å². The number of aryl methyl sites for hydroxylation is 1. The van der Waals surface area contributed by atoms with Gasteiger partial charge in [0.05, 0.1) is 17.6 Å². The lowest BCUT2D eigenvalue weighted by molar-refractivity contribution is -0.176. The lowest BCUT2D eigenvalue weighted by atomic mass is 10.2. The Morgan fingerprint density at radius 3 is 2.38 bits per heavy atom. The lowest BCUT2D eigenvalue weighted by Gasteiger charge is -2.13.